The molecule has 0 amide bonds. The number of hydrogen-bond donors (Lipinski definition) is 1. The second kappa shape index (κ2) is 4.84. The van der Waals surface area contributed by atoms with Crippen LogP contribution in [-0.4, -0.2) is 35.6 Å². The van der Waals surface area contributed by atoms with E-state index in [4.69, 9.17) is 5.11 Å². The SMILES string of the molecule is CC(CN1CC(C(=O)O)C1)c1ccc(F)cc1. The summed E-state index contributed by atoms with van der Waals surface area (Å²) < 4.78 is 12.8. The lowest BCUT2D eigenvalue weighted by atomic mass is 9.95. The molecule has 1 atom stereocenters. The van der Waals surface area contributed by atoms with E-state index in [-0.39, 0.29) is 11.7 Å². The number of aliphatic carboxylic acids is 1. The van der Waals surface area contributed by atoms with Crippen LogP contribution in [0.4, 0.5) is 4.39 Å². The summed E-state index contributed by atoms with van der Waals surface area (Å²) in [5.74, 6) is -0.854. The zero-order valence-electron chi connectivity index (χ0n) is 9.77. The van der Waals surface area contributed by atoms with E-state index in [1.807, 2.05) is 0 Å². The minimum absolute atomic E-state index is 0.213. The first-order valence-electron chi connectivity index (χ1n) is 5.77. The van der Waals surface area contributed by atoms with E-state index in [1.165, 1.54) is 12.1 Å². The molecule has 1 aromatic carbocycles. The molecule has 0 aliphatic carbocycles. The second-order valence-electron chi connectivity index (χ2n) is 4.71. The third-order valence-electron chi connectivity index (χ3n) is 3.28. The molecule has 0 saturated carbocycles. The molecular weight excluding hydrogens is 221 g/mol. The highest BCUT2D eigenvalue weighted by Gasteiger charge is 2.32. The molecule has 4 heteroatoms. The van der Waals surface area contributed by atoms with E-state index >= 15 is 0 Å². The van der Waals surface area contributed by atoms with Crippen LogP contribution in [0.1, 0.15) is 18.4 Å². The van der Waals surface area contributed by atoms with E-state index in [1.54, 1.807) is 12.1 Å². The van der Waals surface area contributed by atoms with Crippen LogP contribution in [0.2, 0.25) is 0 Å². The number of halogens is 1. The van der Waals surface area contributed by atoms with Crippen LogP contribution in [0.5, 0.6) is 0 Å². The van der Waals surface area contributed by atoms with Crippen molar-refractivity contribution in [2.24, 2.45) is 5.92 Å². The van der Waals surface area contributed by atoms with E-state index in [2.05, 4.69) is 11.8 Å². The Morgan fingerprint density at radius 3 is 2.59 bits per heavy atom. The van der Waals surface area contributed by atoms with E-state index < -0.39 is 5.97 Å². The molecule has 0 radical (unpaired) electrons. The Morgan fingerprint density at radius 2 is 2.06 bits per heavy atom. The molecule has 1 heterocycles. The zero-order chi connectivity index (χ0) is 12.4. The Kier molecular flexibility index (Phi) is 3.43. The molecule has 1 aliphatic rings. The van der Waals surface area contributed by atoms with Gasteiger partial charge in [-0.15, -0.1) is 0 Å². The number of rotatable bonds is 4. The molecule has 1 fully saturated rings. The number of hydrogen-bond acceptors (Lipinski definition) is 2. The topological polar surface area (TPSA) is 40.5 Å². The van der Waals surface area contributed by atoms with Crippen molar-refractivity contribution in [1.82, 2.24) is 4.90 Å². The summed E-state index contributed by atoms with van der Waals surface area (Å²) in [6, 6.07) is 6.49. The Bertz CT molecular complexity index is 398. The van der Waals surface area contributed by atoms with Crippen molar-refractivity contribution in [1.29, 1.82) is 0 Å². The summed E-state index contributed by atoms with van der Waals surface area (Å²) >= 11 is 0. The van der Waals surface area contributed by atoms with Crippen molar-refractivity contribution < 1.29 is 14.3 Å². The predicted molar refractivity (Wildman–Crippen MR) is 62.4 cm³/mol. The van der Waals surface area contributed by atoms with Gasteiger partial charge in [-0.1, -0.05) is 19.1 Å². The van der Waals surface area contributed by atoms with Gasteiger partial charge in [-0.25, -0.2) is 4.39 Å². The number of nitrogens with zero attached hydrogens (tertiary/aromatic N) is 1. The highest BCUT2D eigenvalue weighted by atomic mass is 19.1. The molecule has 1 unspecified atom stereocenters. The molecule has 1 N–H and O–H groups in total. The Morgan fingerprint density at radius 1 is 1.47 bits per heavy atom. The zero-order valence-corrected chi connectivity index (χ0v) is 9.77. The van der Waals surface area contributed by atoms with Gasteiger partial charge in [0.25, 0.3) is 0 Å². The minimum Gasteiger partial charge on any atom is -0.481 e. The minimum atomic E-state index is -0.712. The van der Waals surface area contributed by atoms with Crippen molar-refractivity contribution in [3.8, 4) is 0 Å². The van der Waals surface area contributed by atoms with E-state index in [0.717, 1.165) is 12.1 Å². The third kappa shape index (κ3) is 2.82. The normalized spacial score (nSPS) is 18.7. The molecule has 0 spiro atoms. The fourth-order valence-corrected chi connectivity index (χ4v) is 2.16. The fourth-order valence-electron chi connectivity index (χ4n) is 2.16. The highest BCUT2D eigenvalue weighted by Crippen LogP contribution is 2.22. The summed E-state index contributed by atoms with van der Waals surface area (Å²) in [7, 11) is 0. The van der Waals surface area contributed by atoms with E-state index in [0.29, 0.717) is 19.0 Å². The van der Waals surface area contributed by atoms with Crippen LogP contribution in [-0.2, 0) is 4.79 Å². The number of carbonyl (C=O) groups is 1. The highest BCUT2D eigenvalue weighted by molar-refractivity contribution is 5.71. The van der Waals surface area contributed by atoms with Crippen LogP contribution in [0, 0.1) is 11.7 Å². The summed E-state index contributed by atoms with van der Waals surface area (Å²) in [6.45, 7) is 4.15. The first-order chi connectivity index (χ1) is 8.06. The monoisotopic (exact) mass is 237 g/mol. The second-order valence-corrected chi connectivity index (χ2v) is 4.71. The quantitative estimate of drug-likeness (QED) is 0.870. The molecular formula is C13H16FNO2. The van der Waals surface area contributed by atoms with Crippen molar-refractivity contribution in [2.75, 3.05) is 19.6 Å². The maximum atomic E-state index is 12.8. The van der Waals surface area contributed by atoms with Crippen LogP contribution in [0.15, 0.2) is 24.3 Å². The summed E-state index contributed by atoms with van der Waals surface area (Å²) in [5.41, 5.74) is 1.09. The lowest BCUT2D eigenvalue weighted by Crippen LogP contribution is -2.51. The standard InChI is InChI=1S/C13H16FNO2/c1-9(10-2-4-12(14)5-3-10)6-15-7-11(8-15)13(16)17/h2-5,9,11H,6-8H2,1H3,(H,16,17). The van der Waals surface area contributed by atoms with Crippen molar-refractivity contribution in [3.05, 3.63) is 35.6 Å². The van der Waals surface area contributed by atoms with Gasteiger partial charge in [0.15, 0.2) is 0 Å². The summed E-state index contributed by atoms with van der Waals surface area (Å²) in [6.07, 6.45) is 0. The van der Waals surface area contributed by atoms with Gasteiger partial charge in [0, 0.05) is 19.6 Å². The molecule has 92 valence electrons. The number of carboxylic acid groups (broad SMARTS) is 1. The smallest absolute Gasteiger partial charge is 0.309 e. The predicted octanol–water partition coefficient (Wildman–Crippen LogP) is 1.95. The summed E-state index contributed by atoms with van der Waals surface area (Å²) in [4.78, 5) is 12.8. The van der Waals surface area contributed by atoms with Crippen LogP contribution in [0.3, 0.4) is 0 Å². The molecule has 17 heavy (non-hydrogen) atoms. The Balaban J connectivity index is 1.84. The van der Waals surface area contributed by atoms with Gasteiger partial charge in [-0.2, -0.15) is 0 Å². The number of benzene rings is 1. The van der Waals surface area contributed by atoms with Gasteiger partial charge < -0.3 is 10.0 Å². The Labute approximate surface area is 99.9 Å². The van der Waals surface area contributed by atoms with E-state index in [9.17, 15) is 9.18 Å². The first-order valence-corrected chi connectivity index (χ1v) is 5.77. The molecule has 3 nitrogen and oxygen atoms in total. The molecule has 0 bridgehead atoms. The van der Waals surface area contributed by atoms with Gasteiger partial charge in [-0.05, 0) is 23.6 Å². The summed E-state index contributed by atoms with van der Waals surface area (Å²) in [5, 5.41) is 8.76. The lowest BCUT2D eigenvalue weighted by molar-refractivity contribution is -0.147. The number of carboxylic acids is 1. The maximum Gasteiger partial charge on any atom is 0.309 e. The van der Waals surface area contributed by atoms with Crippen LogP contribution >= 0.6 is 0 Å². The molecule has 1 aliphatic heterocycles. The Hall–Kier alpha value is -1.42. The first kappa shape index (κ1) is 12.0. The molecule has 1 aromatic rings. The van der Waals surface area contributed by atoms with Gasteiger partial charge >= 0.3 is 5.97 Å². The van der Waals surface area contributed by atoms with Gasteiger partial charge in [0.1, 0.15) is 5.82 Å². The maximum absolute atomic E-state index is 12.8. The molecule has 0 aromatic heterocycles. The van der Waals surface area contributed by atoms with Gasteiger partial charge in [0.05, 0.1) is 5.92 Å². The third-order valence-corrected chi connectivity index (χ3v) is 3.28. The largest absolute Gasteiger partial charge is 0.481 e. The average molecular weight is 237 g/mol. The average Bonchev–Trinajstić information content (AvgIpc) is 2.23. The fraction of sp³-hybridized carbons (Fsp3) is 0.462. The lowest BCUT2D eigenvalue weighted by Gasteiger charge is -2.38. The van der Waals surface area contributed by atoms with Gasteiger partial charge in [-0.3, -0.25) is 4.79 Å². The van der Waals surface area contributed by atoms with Crippen molar-refractivity contribution in [2.45, 2.75) is 12.8 Å². The molecule has 1 saturated heterocycles. The molecule has 2 rings (SSSR count). The van der Waals surface area contributed by atoms with Crippen LogP contribution in [0.25, 0.3) is 0 Å². The van der Waals surface area contributed by atoms with Crippen LogP contribution < -0.4 is 0 Å². The number of likely N-dealkylation sites (tertiary alicyclic amines) is 1. The van der Waals surface area contributed by atoms with Crippen molar-refractivity contribution in [3.63, 3.8) is 0 Å². The van der Waals surface area contributed by atoms with Gasteiger partial charge in [0.2, 0.25) is 0 Å². The van der Waals surface area contributed by atoms with Crippen molar-refractivity contribution >= 4 is 5.97 Å².